The first-order valence-electron chi connectivity index (χ1n) is 5.97. The predicted octanol–water partition coefficient (Wildman–Crippen LogP) is 2.23. The van der Waals surface area contributed by atoms with Gasteiger partial charge in [0.25, 0.3) is 0 Å². The van der Waals surface area contributed by atoms with Crippen LogP contribution in [0.5, 0.6) is 11.5 Å². The van der Waals surface area contributed by atoms with E-state index in [1.807, 2.05) is 12.1 Å². The Bertz CT molecular complexity index is 362. The Kier molecular flexibility index (Phi) is 4.09. The minimum Gasteiger partial charge on any atom is -0.495 e. The van der Waals surface area contributed by atoms with Crippen molar-refractivity contribution >= 4 is 5.69 Å². The summed E-state index contributed by atoms with van der Waals surface area (Å²) < 4.78 is 16.3. The molecule has 4 heteroatoms. The summed E-state index contributed by atoms with van der Waals surface area (Å²) in [5, 5.41) is 0. The van der Waals surface area contributed by atoms with Crippen molar-refractivity contribution in [3.63, 3.8) is 0 Å². The second kappa shape index (κ2) is 5.77. The Morgan fingerprint density at radius 2 is 2.29 bits per heavy atom. The lowest BCUT2D eigenvalue weighted by Crippen LogP contribution is -2.25. The first-order chi connectivity index (χ1) is 8.29. The quantitative estimate of drug-likeness (QED) is 0.816. The zero-order chi connectivity index (χ0) is 12.1. The van der Waals surface area contributed by atoms with Gasteiger partial charge in [-0.2, -0.15) is 0 Å². The van der Waals surface area contributed by atoms with Crippen molar-refractivity contribution in [3.8, 4) is 11.5 Å². The monoisotopic (exact) mass is 237 g/mol. The number of hydrogen-bond donors (Lipinski definition) is 1. The first kappa shape index (κ1) is 12.0. The van der Waals surface area contributed by atoms with Crippen molar-refractivity contribution < 1.29 is 14.2 Å². The zero-order valence-corrected chi connectivity index (χ0v) is 10.1. The van der Waals surface area contributed by atoms with Gasteiger partial charge >= 0.3 is 0 Å². The van der Waals surface area contributed by atoms with Crippen LogP contribution in [-0.2, 0) is 4.74 Å². The molecule has 1 atom stereocenters. The van der Waals surface area contributed by atoms with Gasteiger partial charge in [0, 0.05) is 12.7 Å². The summed E-state index contributed by atoms with van der Waals surface area (Å²) in [7, 11) is 1.60. The van der Waals surface area contributed by atoms with Crippen molar-refractivity contribution in [2.75, 3.05) is 26.1 Å². The van der Waals surface area contributed by atoms with Crippen molar-refractivity contribution in [2.24, 2.45) is 0 Å². The Hall–Kier alpha value is -1.42. The van der Waals surface area contributed by atoms with Crippen LogP contribution in [-0.4, -0.2) is 26.4 Å². The molecule has 1 unspecified atom stereocenters. The van der Waals surface area contributed by atoms with Crippen LogP contribution < -0.4 is 15.2 Å². The minimum absolute atomic E-state index is 0.215. The van der Waals surface area contributed by atoms with Crippen molar-refractivity contribution in [3.05, 3.63) is 18.2 Å². The van der Waals surface area contributed by atoms with Crippen LogP contribution >= 0.6 is 0 Å². The van der Waals surface area contributed by atoms with Gasteiger partial charge in [-0.25, -0.2) is 0 Å². The summed E-state index contributed by atoms with van der Waals surface area (Å²) in [6.45, 7) is 1.44. The molecule has 1 fully saturated rings. The van der Waals surface area contributed by atoms with Gasteiger partial charge < -0.3 is 19.9 Å². The molecule has 1 aliphatic heterocycles. The summed E-state index contributed by atoms with van der Waals surface area (Å²) in [6, 6.07) is 5.45. The summed E-state index contributed by atoms with van der Waals surface area (Å²) in [6.07, 6.45) is 3.67. The fourth-order valence-electron chi connectivity index (χ4n) is 1.93. The largest absolute Gasteiger partial charge is 0.495 e. The second-order valence-electron chi connectivity index (χ2n) is 4.20. The highest BCUT2D eigenvalue weighted by molar-refractivity contribution is 5.56. The number of benzene rings is 1. The van der Waals surface area contributed by atoms with Crippen LogP contribution in [0.2, 0.25) is 0 Å². The van der Waals surface area contributed by atoms with Crippen LogP contribution in [0.15, 0.2) is 18.2 Å². The highest BCUT2D eigenvalue weighted by Crippen LogP contribution is 2.26. The van der Waals surface area contributed by atoms with E-state index in [9.17, 15) is 0 Å². The number of anilines is 1. The molecule has 2 rings (SSSR count). The minimum atomic E-state index is 0.215. The second-order valence-corrected chi connectivity index (χ2v) is 4.20. The third-order valence-electron chi connectivity index (χ3n) is 2.91. The standard InChI is InChI=1S/C13H19NO3/c1-15-13-6-5-10(8-12(13)14)17-9-11-4-2-3-7-16-11/h5-6,8,11H,2-4,7,9,14H2,1H3. The molecule has 0 saturated carbocycles. The van der Waals surface area contributed by atoms with Gasteiger partial charge in [0.2, 0.25) is 0 Å². The molecular weight excluding hydrogens is 218 g/mol. The molecule has 1 aliphatic rings. The molecule has 4 nitrogen and oxygen atoms in total. The van der Waals surface area contributed by atoms with Gasteiger partial charge in [-0.05, 0) is 31.4 Å². The van der Waals surface area contributed by atoms with E-state index in [0.29, 0.717) is 18.0 Å². The van der Waals surface area contributed by atoms with E-state index in [4.69, 9.17) is 19.9 Å². The number of nitrogens with two attached hydrogens (primary N) is 1. The Morgan fingerprint density at radius 1 is 1.41 bits per heavy atom. The van der Waals surface area contributed by atoms with Crippen LogP contribution in [0, 0.1) is 0 Å². The van der Waals surface area contributed by atoms with Crippen molar-refractivity contribution in [1.29, 1.82) is 0 Å². The molecule has 1 aromatic rings. The highest BCUT2D eigenvalue weighted by Gasteiger charge is 2.14. The van der Waals surface area contributed by atoms with E-state index in [1.54, 1.807) is 13.2 Å². The normalized spacial score (nSPS) is 19.9. The fourth-order valence-corrected chi connectivity index (χ4v) is 1.93. The molecule has 0 aliphatic carbocycles. The molecule has 0 spiro atoms. The number of nitrogen functional groups attached to an aromatic ring is 1. The smallest absolute Gasteiger partial charge is 0.142 e. The summed E-state index contributed by atoms with van der Waals surface area (Å²) in [5.41, 5.74) is 6.40. The summed E-state index contributed by atoms with van der Waals surface area (Å²) in [4.78, 5) is 0. The zero-order valence-electron chi connectivity index (χ0n) is 10.1. The number of hydrogen-bond acceptors (Lipinski definition) is 4. The molecular formula is C13H19NO3. The van der Waals surface area contributed by atoms with E-state index < -0.39 is 0 Å². The van der Waals surface area contributed by atoms with Crippen LogP contribution in [0.25, 0.3) is 0 Å². The molecule has 1 aromatic carbocycles. The lowest BCUT2D eigenvalue weighted by atomic mass is 10.1. The molecule has 1 heterocycles. The van der Waals surface area contributed by atoms with Gasteiger partial charge in [-0.15, -0.1) is 0 Å². The van der Waals surface area contributed by atoms with Gasteiger partial charge in [0.15, 0.2) is 0 Å². The molecule has 0 amide bonds. The summed E-state index contributed by atoms with van der Waals surface area (Å²) in [5.74, 6) is 1.43. The maximum atomic E-state index is 5.80. The molecule has 0 aromatic heterocycles. The van der Waals surface area contributed by atoms with Crippen molar-refractivity contribution in [1.82, 2.24) is 0 Å². The average molecular weight is 237 g/mol. The topological polar surface area (TPSA) is 53.7 Å². The van der Waals surface area contributed by atoms with E-state index in [1.165, 1.54) is 6.42 Å². The van der Waals surface area contributed by atoms with Crippen LogP contribution in [0.1, 0.15) is 19.3 Å². The molecule has 0 bridgehead atoms. The maximum absolute atomic E-state index is 5.80. The number of methoxy groups -OCH3 is 1. The predicted molar refractivity (Wildman–Crippen MR) is 66.5 cm³/mol. The lowest BCUT2D eigenvalue weighted by Gasteiger charge is -2.22. The van der Waals surface area contributed by atoms with Gasteiger partial charge in [-0.1, -0.05) is 0 Å². The highest BCUT2D eigenvalue weighted by atomic mass is 16.5. The van der Waals surface area contributed by atoms with Crippen molar-refractivity contribution in [2.45, 2.75) is 25.4 Å². The van der Waals surface area contributed by atoms with Gasteiger partial charge in [0.1, 0.15) is 18.1 Å². The van der Waals surface area contributed by atoms with E-state index in [-0.39, 0.29) is 6.10 Å². The van der Waals surface area contributed by atoms with Gasteiger partial charge in [-0.3, -0.25) is 0 Å². The summed E-state index contributed by atoms with van der Waals surface area (Å²) >= 11 is 0. The molecule has 0 radical (unpaired) electrons. The van der Waals surface area contributed by atoms with Gasteiger partial charge in [0.05, 0.1) is 18.9 Å². The fraction of sp³-hybridized carbons (Fsp3) is 0.538. The molecule has 94 valence electrons. The number of ether oxygens (including phenoxy) is 3. The number of rotatable bonds is 4. The van der Waals surface area contributed by atoms with Crippen LogP contribution in [0.3, 0.4) is 0 Å². The van der Waals surface area contributed by atoms with E-state index in [0.717, 1.165) is 25.2 Å². The molecule has 1 saturated heterocycles. The lowest BCUT2D eigenvalue weighted by molar-refractivity contribution is -0.0110. The Morgan fingerprint density at radius 3 is 2.94 bits per heavy atom. The SMILES string of the molecule is COc1ccc(OCC2CCCCO2)cc1N. The average Bonchev–Trinajstić information content (AvgIpc) is 2.38. The van der Waals surface area contributed by atoms with E-state index >= 15 is 0 Å². The van der Waals surface area contributed by atoms with E-state index in [2.05, 4.69) is 0 Å². The molecule has 2 N–H and O–H groups in total. The Balaban J connectivity index is 1.87. The Labute approximate surface area is 102 Å². The first-order valence-corrected chi connectivity index (χ1v) is 5.97. The maximum Gasteiger partial charge on any atom is 0.142 e. The van der Waals surface area contributed by atoms with Crippen LogP contribution in [0.4, 0.5) is 5.69 Å². The third-order valence-corrected chi connectivity index (χ3v) is 2.91. The molecule has 17 heavy (non-hydrogen) atoms. The third kappa shape index (κ3) is 3.27.